The zero-order chi connectivity index (χ0) is 21.5. The number of benzene rings is 2. The highest BCUT2D eigenvalue weighted by Gasteiger charge is 2.60. The fraction of sp³-hybridized carbons (Fsp3) is 0.136. The Bertz CT molecular complexity index is 1150. The number of carbonyl (C=O) groups is 2. The Morgan fingerprint density at radius 1 is 0.903 bits per heavy atom. The van der Waals surface area contributed by atoms with Crippen molar-refractivity contribution in [2.75, 3.05) is 9.96 Å². The lowest BCUT2D eigenvalue weighted by Crippen LogP contribution is -2.37. The van der Waals surface area contributed by atoms with Crippen LogP contribution in [0.25, 0.3) is 0 Å². The molecule has 3 atom stereocenters. The maximum Gasteiger partial charge on any atom is 0.269 e. The summed E-state index contributed by atoms with van der Waals surface area (Å²) in [5.41, 5.74) is 1.61. The van der Waals surface area contributed by atoms with Crippen LogP contribution in [0.2, 0.25) is 0 Å². The second kappa shape index (κ2) is 7.29. The Labute approximate surface area is 176 Å². The number of nitro groups is 1. The molecule has 3 heterocycles. The number of hydroxylamine groups is 1. The van der Waals surface area contributed by atoms with E-state index in [9.17, 15) is 19.7 Å². The number of imide groups is 1. The third kappa shape index (κ3) is 3.03. The number of amides is 2. The number of rotatable bonds is 4. The van der Waals surface area contributed by atoms with Gasteiger partial charge < -0.3 is 0 Å². The first-order chi connectivity index (χ1) is 15.1. The number of hydrogen-bond donors (Lipinski definition) is 0. The average molecular weight is 416 g/mol. The number of fused-ring (bicyclic) bond motifs is 1. The molecular weight excluding hydrogens is 400 g/mol. The maximum atomic E-state index is 13.4. The molecule has 1 aromatic heterocycles. The van der Waals surface area contributed by atoms with Crippen LogP contribution in [0, 0.1) is 16.0 Å². The Balaban J connectivity index is 1.54. The van der Waals surface area contributed by atoms with Gasteiger partial charge in [0.2, 0.25) is 5.91 Å². The van der Waals surface area contributed by atoms with Crippen LogP contribution >= 0.6 is 0 Å². The summed E-state index contributed by atoms with van der Waals surface area (Å²) < 4.78 is 0. The lowest BCUT2D eigenvalue weighted by atomic mass is 9.91. The van der Waals surface area contributed by atoms with E-state index in [1.54, 1.807) is 23.5 Å². The molecule has 0 saturated carbocycles. The molecule has 0 N–H and O–H groups in total. The first kappa shape index (κ1) is 18.9. The normalized spacial score (nSPS) is 22.6. The van der Waals surface area contributed by atoms with Crippen LogP contribution in [0.1, 0.15) is 11.6 Å². The van der Waals surface area contributed by atoms with E-state index in [2.05, 4.69) is 4.98 Å². The predicted octanol–water partition coefficient (Wildman–Crippen LogP) is 3.04. The first-order valence-electron chi connectivity index (χ1n) is 9.59. The molecule has 0 bridgehead atoms. The van der Waals surface area contributed by atoms with E-state index in [0.717, 1.165) is 10.5 Å². The standard InChI is InChI=1S/C22H16N4O5/c27-21-18-19(14-5-4-12-23-13-14)25(16-6-2-1-3-7-16)31-20(18)22(28)24(21)15-8-10-17(11-9-15)26(29)30/h1-13,18-20H/t18-,19-,20+/m0/s1. The molecule has 9 heteroatoms. The summed E-state index contributed by atoms with van der Waals surface area (Å²) in [5, 5.41) is 12.5. The minimum absolute atomic E-state index is 0.122. The van der Waals surface area contributed by atoms with Crippen molar-refractivity contribution in [2.24, 2.45) is 5.92 Å². The van der Waals surface area contributed by atoms with Crippen molar-refractivity contribution in [1.29, 1.82) is 0 Å². The molecule has 2 amide bonds. The molecular formula is C22H16N4O5. The van der Waals surface area contributed by atoms with Gasteiger partial charge in [-0.1, -0.05) is 24.3 Å². The summed E-state index contributed by atoms with van der Waals surface area (Å²) in [4.78, 5) is 48.2. The number of carbonyl (C=O) groups excluding carboxylic acids is 2. The van der Waals surface area contributed by atoms with Crippen LogP contribution in [-0.4, -0.2) is 27.8 Å². The topological polar surface area (TPSA) is 106 Å². The van der Waals surface area contributed by atoms with Gasteiger partial charge in [-0.25, -0.2) is 9.96 Å². The molecule has 3 aromatic rings. The lowest BCUT2D eigenvalue weighted by Gasteiger charge is -2.28. The van der Waals surface area contributed by atoms with Crippen molar-refractivity contribution in [3.8, 4) is 0 Å². The van der Waals surface area contributed by atoms with Crippen LogP contribution < -0.4 is 9.96 Å². The predicted molar refractivity (Wildman–Crippen MR) is 110 cm³/mol. The largest absolute Gasteiger partial charge is 0.273 e. The van der Waals surface area contributed by atoms with Gasteiger partial charge in [0.15, 0.2) is 6.10 Å². The summed E-state index contributed by atoms with van der Waals surface area (Å²) in [5.74, 6) is -1.71. The third-order valence-corrected chi connectivity index (χ3v) is 5.47. The highest BCUT2D eigenvalue weighted by atomic mass is 16.7. The summed E-state index contributed by atoms with van der Waals surface area (Å²) >= 11 is 0. The number of non-ortho nitro benzene ring substituents is 1. The zero-order valence-corrected chi connectivity index (χ0v) is 16.1. The Hall–Kier alpha value is -4.11. The van der Waals surface area contributed by atoms with Gasteiger partial charge in [0.25, 0.3) is 11.6 Å². The molecule has 0 radical (unpaired) electrons. The minimum Gasteiger partial charge on any atom is -0.273 e. The van der Waals surface area contributed by atoms with Gasteiger partial charge in [-0.05, 0) is 35.9 Å². The van der Waals surface area contributed by atoms with Crippen molar-refractivity contribution in [3.63, 3.8) is 0 Å². The minimum atomic E-state index is -1.01. The van der Waals surface area contributed by atoms with Crippen molar-refractivity contribution in [3.05, 3.63) is 94.8 Å². The molecule has 2 saturated heterocycles. The summed E-state index contributed by atoms with van der Waals surface area (Å²) in [6, 6.07) is 17.6. The Kier molecular flexibility index (Phi) is 4.45. The van der Waals surface area contributed by atoms with Crippen LogP contribution in [-0.2, 0) is 14.4 Å². The molecule has 9 nitrogen and oxygen atoms in total. The third-order valence-electron chi connectivity index (χ3n) is 5.47. The highest BCUT2D eigenvalue weighted by Crippen LogP contribution is 2.47. The molecule has 2 aliphatic rings. The number of nitrogens with zero attached hydrogens (tertiary/aromatic N) is 4. The van der Waals surface area contributed by atoms with E-state index < -0.39 is 34.8 Å². The van der Waals surface area contributed by atoms with E-state index in [4.69, 9.17) is 4.84 Å². The fourth-order valence-electron chi connectivity index (χ4n) is 4.08. The molecule has 0 aliphatic carbocycles. The molecule has 2 fully saturated rings. The number of aromatic nitrogens is 1. The average Bonchev–Trinajstić information content (AvgIpc) is 3.31. The second-order valence-electron chi connectivity index (χ2n) is 7.23. The summed E-state index contributed by atoms with van der Waals surface area (Å²) in [6.07, 6.45) is 2.28. The van der Waals surface area contributed by atoms with Gasteiger partial charge in [-0.2, -0.15) is 0 Å². The highest BCUT2D eigenvalue weighted by molar-refractivity contribution is 6.23. The van der Waals surface area contributed by atoms with Gasteiger partial charge in [-0.15, -0.1) is 0 Å². The van der Waals surface area contributed by atoms with Crippen molar-refractivity contribution in [2.45, 2.75) is 12.1 Å². The van der Waals surface area contributed by atoms with Crippen molar-refractivity contribution in [1.82, 2.24) is 4.98 Å². The number of pyridine rings is 1. The van der Waals surface area contributed by atoms with Crippen LogP contribution in [0.4, 0.5) is 17.1 Å². The molecule has 0 unspecified atom stereocenters. The van der Waals surface area contributed by atoms with Gasteiger partial charge in [0, 0.05) is 24.5 Å². The van der Waals surface area contributed by atoms with Crippen LogP contribution in [0.5, 0.6) is 0 Å². The molecule has 2 aliphatic heterocycles. The second-order valence-corrected chi connectivity index (χ2v) is 7.23. The SMILES string of the molecule is O=C1[C@@H]2[C@@H](ON(c3ccccc3)[C@H]2c2cccnc2)C(=O)N1c1ccc([N+](=O)[O-])cc1. The van der Waals surface area contributed by atoms with E-state index >= 15 is 0 Å². The van der Waals surface area contributed by atoms with E-state index in [1.807, 2.05) is 36.4 Å². The van der Waals surface area contributed by atoms with Crippen molar-refractivity contribution >= 4 is 28.9 Å². The number of para-hydroxylation sites is 1. The molecule has 5 rings (SSSR count). The molecule has 2 aromatic carbocycles. The number of nitro benzene ring substituents is 1. The van der Waals surface area contributed by atoms with E-state index in [0.29, 0.717) is 5.69 Å². The molecule has 154 valence electrons. The lowest BCUT2D eigenvalue weighted by molar-refractivity contribution is -0.384. The smallest absolute Gasteiger partial charge is 0.269 e. The molecule has 0 spiro atoms. The number of hydrogen-bond acceptors (Lipinski definition) is 7. The quantitative estimate of drug-likeness (QED) is 0.366. The molecule has 31 heavy (non-hydrogen) atoms. The number of anilines is 2. The summed E-state index contributed by atoms with van der Waals surface area (Å²) in [7, 11) is 0. The van der Waals surface area contributed by atoms with Gasteiger partial charge in [0.05, 0.1) is 22.3 Å². The van der Waals surface area contributed by atoms with Gasteiger partial charge in [0.1, 0.15) is 5.92 Å². The van der Waals surface area contributed by atoms with Gasteiger partial charge in [-0.3, -0.25) is 29.5 Å². The fourth-order valence-corrected chi connectivity index (χ4v) is 4.08. The van der Waals surface area contributed by atoms with Gasteiger partial charge >= 0.3 is 0 Å². The summed E-state index contributed by atoms with van der Waals surface area (Å²) in [6.45, 7) is 0. The van der Waals surface area contributed by atoms with Crippen LogP contribution in [0.3, 0.4) is 0 Å². The van der Waals surface area contributed by atoms with Crippen LogP contribution in [0.15, 0.2) is 79.1 Å². The Morgan fingerprint density at radius 3 is 2.29 bits per heavy atom. The Morgan fingerprint density at radius 2 is 1.65 bits per heavy atom. The maximum absolute atomic E-state index is 13.4. The first-order valence-corrected chi connectivity index (χ1v) is 9.59. The monoisotopic (exact) mass is 416 g/mol. The zero-order valence-electron chi connectivity index (χ0n) is 16.1. The van der Waals surface area contributed by atoms with E-state index in [-0.39, 0.29) is 11.4 Å². The van der Waals surface area contributed by atoms with Crippen molar-refractivity contribution < 1.29 is 19.3 Å². The van der Waals surface area contributed by atoms with E-state index in [1.165, 1.54) is 24.3 Å².